The minimum absolute atomic E-state index is 0.0361. The summed E-state index contributed by atoms with van der Waals surface area (Å²) < 4.78 is 5.95. The molecule has 0 spiro atoms. The van der Waals surface area contributed by atoms with Gasteiger partial charge >= 0.3 is 6.09 Å². The number of hydrogen-bond donors (Lipinski definition) is 1. The molecule has 1 amide bonds. The van der Waals surface area contributed by atoms with Crippen molar-refractivity contribution in [1.82, 2.24) is 4.90 Å². The number of piperidine rings is 1. The van der Waals surface area contributed by atoms with Crippen molar-refractivity contribution in [1.29, 1.82) is 0 Å². The van der Waals surface area contributed by atoms with Gasteiger partial charge in [0.05, 0.1) is 19.3 Å². The number of rotatable bonds is 3. The lowest BCUT2D eigenvalue weighted by Crippen LogP contribution is -2.46. The van der Waals surface area contributed by atoms with Gasteiger partial charge in [0.25, 0.3) is 0 Å². The van der Waals surface area contributed by atoms with Crippen LogP contribution in [0.25, 0.3) is 10.8 Å². The molecule has 1 N–H and O–H groups in total. The van der Waals surface area contributed by atoms with Crippen LogP contribution < -0.4 is 0 Å². The van der Waals surface area contributed by atoms with Crippen LogP contribution in [-0.4, -0.2) is 35.3 Å². The fourth-order valence-electron chi connectivity index (χ4n) is 2.98. The van der Waals surface area contributed by atoms with E-state index in [0.717, 1.165) is 10.9 Å². The van der Waals surface area contributed by atoms with Crippen molar-refractivity contribution in [3.63, 3.8) is 0 Å². The van der Waals surface area contributed by atoms with Crippen LogP contribution in [0.2, 0.25) is 0 Å². The summed E-state index contributed by atoms with van der Waals surface area (Å²) in [5.74, 6) is 2.70. The Morgan fingerprint density at radius 1 is 1.30 bits per heavy atom. The normalized spacial score (nSPS) is 21.1. The standard InChI is InChI=1S/C19H19NO3/c1-2-15-9-10-20(19(21)22)12-18(15)23-13-14-7-8-16-5-3-4-6-17(16)11-14/h1,3-8,11,15,18H,9-10,12-13H2,(H,21,22). The maximum absolute atomic E-state index is 11.1. The summed E-state index contributed by atoms with van der Waals surface area (Å²) in [4.78, 5) is 12.5. The zero-order valence-corrected chi connectivity index (χ0v) is 12.8. The SMILES string of the molecule is C#CC1CCN(C(=O)O)CC1OCc1ccc2ccccc2c1. The second kappa shape index (κ2) is 6.72. The average Bonchev–Trinajstić information content (AvgIpc) is 2.59. The van der Waals surface area contributed by atoms with E-state index in [1.54, 1.807) is 0 Å². The third kappa shape index (κ3) is 3.46. The first-order valence-electron chi connectivity index (χ1n) is 7.70. The molecule has 0 bridgehead atoms. The molecule has 0 aromatic heterocycles. The summed E-state index contributed by atoms with van der Waals surface area (Å²) in [5.41, 5.74) is 1.06. The Morgan fingerprint density at radius 2 is 2.09 bits per heavy atom. The molecule has 1 aliphatic heterocycles. The number of amides is 1. The van der Waals surface area contributed by atoms with Gasteiger partial charge in [0.1, 0.15) is 0 Å². The zero-order chi connectivity index (χ0) is 16.2. The van der Waals surface area contributed by atoms with Gasteiger partial charge in [0.2, 0.25) is 0 Å². The number of fused-ring (bicyclic) bond motifs is 1. The number of carboxylic acid groups (broad SMARTS) is 1. The molecule has 1 heterocycles. The van der Waals surface area contributed by atoms with E-state index in [2.05, 4.69) is 30.2 Å². The van der Waals surface area contributed by atoms with E-state index in [0.29, 0.717) is 26.1 Å². The first-order valence-corrected chi connectivity index (χ1v) is 7.70. The highest BCUT2D eigenvalue weighted by Gasteiger charge is 2.31. The molecule has 2 aromatic carbocycles. The van der Waals surface area contributed by atoms with E-state index < -0.39 is 6.09 Å². The molecule has 118 valence electrons. The number of benzene rings is 2. The molecule has 1 fully saturated rings. The minimum atomic E-state index is -0.917. The number of likely N-dealkylation sites (tertiary alicyclic amines) is 1. The van der Waals surface area contributed by atoms with E-state index in [4.69, 9.17) is 16.3 Å². The van der Waals surface area contributed by atoms with Gasteiger partial charge in [-0.3, -0.25) is 0 Å². The Labute approximate surface area is 135 Å². The quantitative estimate of drug-likeness (QED) is 0.885. The van der Waals surface area contributed by atoms with E-state index in [9.17, 15) is 4.79 Å². The van der Waals surface area contributed by atoms with Crippen LogP contribution in [0.3, 0.4) is 0 Å². The molecule has 4 heteroatoms. The average molecular weight is 309 g/mol. The molecule has 2 atom stereocenters. The Hall–Kier alpha value is -2.51. The third-order valence-corrected chi connectivity index (χ3v) is 4.32. The Balaban J connectivity index is 1.69. The van der Waals surface area contributed by atoms with Gasteiger partial charge in [-0.1, -0.05) is 36.4 Å². The topological polar surface area (TPSA) is 49.8 Å². The molecule has 3 rings (SSSR count). The van der Waals surface area contributed by atoms with Crippen LogP contribution in [0.4, 0.5) is 4.79 Å². The lowest BCUT2D eigenvalue weighted by Gasteiger charge is -2.34. The van der Waals surface area contributed by atoms with Crippen molar-refractivity contribution in [2.24, 2.45) is 5.92 Å². The highest BCUT2D eigenvalue weighted by molar-refractivity contribution is 5.82. The lowest BCUT2D eigenvalue weighted by atomic mass is 9.95. The van der Waals surface area contributed by atoms with E-state index in [1.165, 1.54) is 10.3 Å². The third-order valence-electron chi connectivity index (χ3n) is 4.32. The van der Waals surface area contributed by atoms with Crippen LogP contribution in [0.5, 0.6) is 0 Å². The smallest absolute Gasteiger partial charge is 0.407 e. The first kappa shape index (κ1) is 15.4. The molecule has 2 aromatic rings. The largest absolute Gasteiger partial charge is 0.465 e. The Bertz CT molecular complexity index is 750. The van der Waals surface area contributed by atoms with Gasteiger partial charge in [-0.2, -0.15) is 0 Å². The van der Waals surface area contributed by atoms with Gasteiger partial charge in [-0.05, 0) is 28.8 Å². The molecule has 0 aliphatic carbocycles. The second-order valence-electron chi connectivity index (χ2n) is 5.82. The van der Waals surface area contributed by atoms with Gasteiger partial charge in [-0.15, -0.1) is 12.3 Å². The molecule has 4 nitrogen and oxygen atoms in total. The lowest BCUT2D eigenvalue weighted by molar-refractivity contribution is -0.0259. The molecular weight excluding hydrogens is 290 g/mol. The van der Waals surface area contributed by atoms with Crippen LogP contribution in [0.15, 0.2) is 42.5 Å². The molecular formula is C19H19NO3. The highest BCUT2D eigenvalue weighted by Crippen LogP contribution is 2.22. The summed E-state index contributed by atoms with van der Waals surface area (Å²) in [6.07, 6.45) is 5.04. The molecule has 1 saturated heterocycles. The van der Waals surface area contributed by atoms with Crippen molar-refractivity contribution >= 4 is 16.9 Å². The van der Waals surface area contributed by atoms with Gasteiger partial charge in [0.15, 0.2) is 0 Å². The van der Waals surface area contributed by atoms with Crippen molar-refractivity contribution in [3.8, 4) is 12.3 Å². The van der Waals surface area contributed by atoms with Gasteiger partial charge in [-0.25, -0.2) is 4.79 Å². The molecule has 2 unspecified atom stereocenters. The molecule has 0 radical (unpaired) electrons. The molecule has 23 heavy (non-hydrogen) atoms. The number of hydrogen-bond acceptors (Lipinski definition) is 2. The fourth-order valence-corrected chi connectivity index (χ4v) is 2.98. The summed E-state index contributed by atoms with van der Waals surface area (Å²) in [5, 5.41) is 11.5. The Kier molecular flexibility index (Phi) is 4.50. The van der Waals surface area contributed by atoms with Crippen LogP contribution in [0.1, 0.15) is 12.0 Å². The number of carbonyl (C=O) groups is 1. The van der Waals surface area contributed by atoms with E-state index in [-0.39, 0.29) is 12.0 Å². The predicted molar refractivity (Wildman–Crippen MR) is 89.1 cm³/mol. The van der Waals surface area contributed by atoms with Gasteiger partial charge < -0.3 is 14.7 Å². The van der Waals surface area contributed by atoms with E-state index in [1.807, 2.05) is 18.2 Å². The number of nitrogens with zero attached hydrogens (tertiary/aromatic N) is 1. The second-order valence-corrected chi connectivity index (χ2v) is 5.82. The Morgan fingerprint density at radius 3 is 2.83 bits per heavy atom. The summed E-state index contributed by atoms with van der Waals surface area (Å²) in [7, 11) is 0. The minimum Gasteiger partial charge on any atom is -0.465 e. The molecule has 1 aliphatic rings. The van der Waals surface area contributed by atoms with Crippen molar-refractivity contribution in [3.05, 3.63) is 48.0 Å². The van der Waals surface area contributed by atoms with Crippen LogP contribution in [0, 0.1) is 18.3 Å². The van der Waals surface area contributed by atoms with Gasteiger partial charge in [0, 0.05) is 12.5 Å². The predicted octanol–water partition coefficient (Wildman–Crippen LogP) is 3.36. The number of terminal acetylenes is 1. The van der Waals surface area contributed by atoms with E-state index >= 15 is 0 Å². The van der Waals surface area contributed by atoms with Crippen LogP contribution in [-0.2, 0) is 11.3 Å². The zero-order valence-electron chi connectivity index (χ0n) is 12.8. The molecule has 0 saturated carbocycles. The highest BCUT2D eigenvalue weighted by atomic mass is 16.5. The first-order chi connectivity index (χ1) is 11.2. The van der Waals surface area contributed by atoms with Crippen LogP contribution >= 0.6 is 0 Å². The monoisotopic (exact) mass is 309 g/mol. The fraction of sp³-hybridized carbons (Fsp3) is 0.316. The summed E-state index contributed by atoms with van der Waals surface area (Å²) in [6.45, 7) is 1.24. The van der Waals surface area contributed by atoms with Crippen molar-refractivity contribution in [2.45, 2.75) is 19.1 Å². The summed E-state index contributed by atoms with van der Waals surface area (Å²) in [6, 6.07) is 14.3. The maximum atomic E-state index is 11.1. The maximum Gasteiger partial charge on any atom is 0.407 e. The summed E-state index contributed by atoms with van der Waals surface area (Å²) >= 11 is 0. The number of ether oxygens (including phenoxy) is 1. The van der Waals surface area contributed by atoms with Crippen molar-refractivity contribution in [2.75, 3.05) is 13.1 Å². The van der Waals surface area contributed by atoms with Crippen molar-refractivity contribution < 1.29 is 14.6 Å².